The van der Waals surface area contributed by atoms with Crippen LogP contribution in [0, 0.1) is 13.0 Å². The van der Waals surface area contributed by atoms with Crippen molar-refractivity contribution >= 4 is 5.78 Å². The number of likely N-dealkylation sites (tertiary alicyclic amines) is 1. The number of nitrogens with zero attached hydrogens (tertiary/aromatic N) is 1. The van der Waals surface area contributed by atoms with Gasteiger partial charge in [0.05, 0.1) is 0 Å². The Bertz CT molecular complexity index is 334. The second kappa shape index (κ2) is 4.58. The summed E-state index contributed by atoms with van der Waals surface area (Å²) in [7, 11) is 3.90. The van der Waals surface area contributed by atoms with Crippen LogP contribution < -0.4 is 0 Å². The van der Waals surface area contributed by atoms with Crippen LogP contribution in [0.1, 0.15) is 23.2 Å². The van der Waals surface area contributed by atoms with Gasteiger partial charge >= 0.3 is 0 Å². The van der Waals surface area contributed by atoms with E-state index >= 15 is 0 Å². The maximum absolute atomic E-state index is 12.1. The molecule has 1 fully saturated rings. The largest absolute Gasteiger partial charge is 0.459 e. The van der Waals surface area contributed by atoms with Gasteiger partial charge in [0, 0.05) is 11.5 Å². The lowest BCUT2D eigenvalue weighted by molar-refractivity contribution is 0.0854. The number of ketones is 1. The van der Waals surface area contributed by atoms with Crippen LogP contribution in [-0.4, -0.2) is 23.8 Å². The molecular formula is C13H16NO-. The summed E-state index contributed by atoms with van der Waals surface area (Å²) in [5.41, 5.74) is 0.831. The van der Waals surface area contributed by atoms with E-state index < -0.39 is 0 Å². The number of carbonyl (C=O) groups is 1. The van der Waals surface area contributed by atoms with Crippen molar-refractivity contribution in [3.63, 3.8) is 0 Å². The fraction of sp³-hybridized carbons (Fsp3) is 0.385. The smallest absolute Gasteiger partial charge is 0.167 e. The SMILES string of the molecule is [CH2-]N1CCCC(C(=O)c2ccccc2)C1. The summed E-state index contributed by atoms with van der Waals surface area (Å²) in [5.74, 6) is 0.405. The molecule has 1 atom stereocenters. The van der Waals surface area contributed by atoms with E-state index in [2.05, 4.69) is 7.05 Å². The molecule has 1 aliphatic heterocycles. The highest BCUT2D eigenvalue weighted by atomic mass is 16.1. The monoisotopic (exact) mass is 202 g/mol. The average Bonchev–Trinajstić information content (AvgIpc) is 2.29. The van der Waals surface area contributed by atoms with Crippen molar-refractivity contribution in [2.24, 2.45) is 5.92 Å². The Hall–Kier alpha value is -1.15. The molecule has 2 nitrogen and oxygen atoms in total. The van der Waals surface area contributed by atoms with Crippen LogP contribution in [0.15, 0.2) is 30.3 Å². The van der Waals surface area contributed by atoms with Crippen LogP contribution in [0.25, 0.3) is 0 Å². The van der Waals surface area contributed by atoms with E-state index in [1.165, 1.54) is 0 Å². The molecule has 0 saturated carbocycles. The highest BCUT2D eigenvalue weighted by Gasteiger charge is 2.22. The van der Waals surface area contributed by atoms with Gasteiger partial charge in [0.1, 0.15) is 0 Å². The van der Waals surface area contributed by atoms with Gasteiger partial charge in [0.15, 0.2) is 5.78 Å². The van der Waals surface area contributed by atoms with E-state index in [9.17, 15) is 4.79 Å². The summed E-state index contributed by atoms with van der Waals surface area (Å²) in [6.07, 6.45) is 2.08. The van der Waals surface area contributed by atoms with Crippen molar-refractivity contribution in [1.29, 1.82) is 0 Å². The molecule has 0 amide bonds. The predicted molar refractivity (Wildman–Crippen MR) is 60.4 cm³/mol. The first kappa shape index (κ1) is 10.4. The molecular weight excluding hydrogens is 186 g/mol. The fourth-order valence-corrected chi connectivity index (χ4v) is 2.11. The van der Waals surface area contributed by atoms with Gasteiger partial charge in [-0.25, -0.2) is 0 Å². The van der Waals surface area contributed by atoms with Crippen molar-refractivity contribution in [3.05, 3.63) is 42.9 Å². The Kier molecular flexibility index (Phi) is 3.17. The zero-order chi connectivity index (χ0) is 10.7. The van der Waals surface area contributed by atoms with Crippen LogP contribution in [0.5, 0.6) is 0 Å². The number of carbonyl (C=O) groups excluding carboxylic acids is 1. The molecule has 80 valence electrons. The minimum absolute atomic E-state index is 0.138. The quantitative estimate of drug-likeness (QED) is 0.542. The van der Waals surface area contributed by atoms with Crippen LogP contribution in [-0.2, 0) is 0 Å². The van der Waals surface area contributed by atoms with Crippen LogP contribution in [0.3, 0.4) is 0 Å². The molecule has 0 aliphatic carbocycles. The second-order valence-corrected chi connectivity index (χ2v) is 4.15. The predicted octanol–water partition coefficient (Wildman–Crippen LogP) is 2.37. The van der Waals surface area contributed by atoms with E-state index in [4.69, 9.17) is 0 Å². The van der Waals surface area contributed by atoms with Gasteiger partial charge in [-0.2, -0.15) is 0 Å². The number of benzene rings is 1. The molecule has 0 radical (unpaired) electrons. The minimum Gasteiger partial charge on any atom is -0.459 e. The van der Waals surface area contributed by atoms with Crippen molar-refractivity contribution in [2.75, 3.05) is 13.1 Å². The summed E-state index contributed by atoms with van der Waals surface area (Å²) in [6.45, 7) is 1.81. The third-order valence-corrected chi connectivity index (χ3v) is 2.93. The van der Waals surface area contributed by atoms with E-state index in [0.717, 1.165) is 31.5 Å². The zero-order valence-electron chi connectivity index (χ0n) is 8.86. The van der Waals surface area contributed by atoms with Crippen LogP contribution >= 0.6 is 0 Å². The highest BCUT2D eigenvalue weighted by Crippen LogP contribution is 2.20. The molecule has 2 heteroatoms. The molecule has 0 aromatic heterocycles. The van der Waals surface area contributed by atoms with Gasteiger partial charge in [-0.15, -0.1) is 0 Å². The number of piperidine rings is 1. The molecule has 1 saturated heterocycles. The maximum Gasteiger partial charge on any atom is 0.167 e. The maximum atomic E-state index is 12.1. The number of hydrogen-bond acceptors (Lipinski definition) is 2. The van der Waals surface area contributed by atoms with Crippen molar-refractivity contribution in [1.82, 2.24) is 4.90 Å². The molecule has 1 aromatic carbocycles. The van der Waals surface area contributed by atoms with Gasteiger partial charge in [0.25, 0.3) is 0 Å². The molecule has 1 heterocycles. The number of hydrogen-bond donors (Lipinski definition) is 0. The Balaban J connectivity index is 2.08. The summed E-state index contributed by atoms with van der Waals surface area (Å²) >= 11 is 0. The van der Waals surface area contributed by atoms with Gasteiger partial charge < -0.3 is 4.90 Å². The van der Waals surface area contributed by atoms with Gasteiger partial charge in [-0.1, -0.05) is 30.3 Å². The van der Waals surface area contributed by atoms with Crippen molar-refractivity contribution < 1.29 is 4.79 Å². The number of Topliss-reactive ketones (excluding diaryl/α,β-unsaturated/α-hetero) is 1. The Morgan fingerprint density at radius 1 is 1.33 bits per heavy atom. The molecule has 0 spiro atoms. The summed E-state index contributed by atoms with van der Waals surface area (Å²) in [4.78, 5) is 14.1. The average molecular weight is 202 g/mol. The lowest BCUT2D eigenvalue weighted by Crippen LogP contribution is -2.34. The first-order chi connectivity index (χ1) is 7.27. The second-order valence-electron chi connectivity index (χ2n) is 4.15. The minimum atomic E-state index is 0.138. The molecule has 0 N–H and O–H groups in total. The zero-order valence-corrected chi connectivity index (χ0v) is 8.86. The van der Waals surface area contributed by atoms with Crippen molar-refractivity contribution in [3.8, 4) is 0 Å². The van der Waals surface area contributed by atoms with Crippen LogP contribution in [0.4, 0.5) is 0 Å². The Morgan fingerprint density at radius 2 is 2.07 bits per heavy atom. The van der Waals surface area contributed by atoms with E-state index in [1.807, 2.05) is 35.2 Å². The van der Waals surface area contributed by atoms with E-state index in [-0.39, 0.29) is 11.7 Å². The first-order valence-corrected chi connectivity index (χ1v) is 5.42. The molecule has 15 heavy (non-hydrogen) atoms. The third-order valence-electron chi connectivity index (χ3n) is 2.93. The van der Waals surface area contributed by atoms with Crippen molar-refractivity contribution in [2.45, 2.75) is 12.8 Å². The molecule has 1 unspecified atom stereocenters. The fourth-order valence-electron chi connectivity index (χ4n) is 2.11. The van der Waals surface area contributed by atoms with Gasteiger partial charge in [0.2, 0.25) is 0 Å². The summed E-state index contributed by atoms with van der Waals surface area (Å²) < 4.78 is 0. The van der Waals surface area contributed by atoms with E-state index in [0.29, 0.717) is 0 Å². The summed E-state index contributed by atoms with van der Waals surface area (Å²) in [6, 6.07) is 9.55. The van der Waals surface area contributed by atoms with Gasteiger partial charge in [-0.05, 0) is 25.9 Å². The lowest BCUT2D eigenvalue weighted by atomic mass is 9.90. The Morgan fingerprint density at radius 3 is 2.73 bits per heavy atom. The van der Waals surface area contributed by atoms with Gasteiger partial charge in [-0.3, -0.25) is 11.8 Å². The third kappa shape index (κ3) is 2.45. The first-order valence-electron chi connectivity index (χ1n) is 5.42. The molecule has 0 bridgehead atoms. The summed E-state index contributed by atoms with van der Waals surface area (Å²) in [5, 5.41) is 0. The molecule has 1 aliphatic rings. The molecule has 2 rings (SSSR count). The topological polar surface area (TPSA) is 20.3 Å². The highest BCUT2D eigenvalue weighted by molar-refractivity contribution is 5.98. The molecule has 1 aromatic rings. The van der Waals surface area contributed by atoms with Crippen LogP contribution in [0.2, 0.25) is 0 Å². The lowest BCUT2D eigenvalue weighted by Gasteiger charge is -2.34. The standard InChI is InChI=1S/C13H16NO/c1-14-9-5-8-12(10-14)13(15)11-6-3-2-4-7-11/h2-4,6-7,12H,1,5,8-10H2/q-1. The Labute approximate surface area is 90.9 Å². The normalized spacial score (nSPS) is 22.6. The number of rotatable bonds is 2. The van der Waals surface area contributed by atoms with E-state index in [1.54, 1.807) is 0 Å².